The van der Waals surface area contributed by atoms with E-state index >= 15 is 0 Å². The fraction of sp³-hybridized carbons (Fsp3) is 0.111. The minimum absolute atomic E-state index is 0.0630. The molecule has 0 fully saturated rings. The number of anilines is 2. The largest absolute Gasteiger partial charge is 0.274 e. The van der Waals surface area contributed by atoms with E-state index in [2.05, 4.69) is 16.5 Å². The summed E-state index contributed by atoms with van der Waals surface area (Å²) in [5, 5.41) is 4.57. The number of fused-ring (bicyclic) bond motifs is 5. The van der Waals surface area contributed by atoms with Crippen LogP contribution in [0.4, 0.5) is 10.8 Å². The molecule has 0 N–H and O–H groups in total. The maximum Gasteiger partial charge on any atom is 0.230 e. The van der Waals surface area contributed by atoms with E-state index in [1.807, 2.05) is 73.0 Å². The molecule has 8 heteroatoms. The lowest BCUT2D eigenvalue weighted by Crippen LogP contribution is -2.22. The SMILES string of the molecule is CC(=O)N(c1cccc(C)c1)c1nc(CSc2nc3ccccc3c3nc4ccccc4n23)cs1. The minimum atomic E-state index is -0.0630. The lowest BCUT2D eigenvalue weighted by atomic mass is 10.2. The van der Waals surface area contributed by atoms with Crippen molar-refractivity contribution >= 4 is 67.4 Å². The van der Waals surface area contributed by atoms with Gasteiger partial charge < -0.3 is 0 Å². The predicted octanol–water partition coefficient (Wildman–Crippen LogP) is 6.78. The Kier molecular flexibility index (Phi) is 5.47. The molecule has 0 aliphatic rings. The van der Waals surface area contributed by atoms with Gasteiger partial charge in [0, 0.05) is 23.4 Å². The first kappa shape index (κ1) is 21.8. The van der Waals surface area contributed by atoms with E-state index in [4.69, 9.17) is 15.0 Å². The Bertz CT molecular complexity index is 1720. The first-order valence-corrected chi connectivity index (χ1v) is 13.1. The second-order valence-electron chi connectivity index (χ2n) is 8.27. The molecule has 6 rings (SSSR count). The van der Waals surface area contributed by atoms with Crippen molar-refractivity contribution in [2.45, 2.75) is 24.8 Å². The summed E-state index contributed by atoms with van der Waals surface area (Å²) in [6.07, 6.45) is 0. The number of hydrogen-bond donors (Lipinski definition) is 0. The average Bonchev–Trinajstić information content (AvgIpc) is 3.48. The van der Waals surface area contributed by atoms with E-state index in [0.717, 1.165) is 49.7 Å². The minimum Gasteiger partial charge on any atom is -0.274 e. The smallest absolute Gasteiger partial charge is 0.230 e. The van der Waals surface area contributed by atoms with Crippen LogP contribution in [0.3, 0.4) is 0 Å². The molecule has 0 bridgehead atoms. The van der Waals surface area contributed by atoms with Crippen LogP contribution >= 0.6 is 23.1 Å². The summed E-state index contributed by atoms with van der Waals surface area (Å²) in [6.45, 7) is 3.58. The number of carbonyl (C=O) groups is 1. The van der Waals surface area contributed by atoms with Crippen LogP contribution < -0.4 is 4.90 Å². The van der Waals surface area contributed by atoms with Crippen LogP contribution in [0.15, 0.2) is 83.3 Å². The molecule has 3 heterocycles. The van der Waals surface area contributed by atoms with Crippen LogP contribution in [-0.4, -0.2) is 25.3 Å². The van der Waals surface area contributed by atoms with Gasteiger partial charge in [0.25, 0.3) is 0 Å². The molecule has 0 spiro atoms. The Balaban J connectivity index is 1.36. The third kappa shape index (κ3) is 3.94. The Morgan fingerprint density at radius 2 is 1.77 bits per heavy atom. The van der Waals surface area contributed by atoms with Gasteiger partial charge in [-0.15, -0.1) is 11.3 Å². The Labute approximate surface area is 210 Å². The first-order chi connectivity index (χ1) is 17.1. The zero-order valence-corrected chi connectivity index (χ0v) is 20.8. The average molecular weight is 496 g/mol. The predicted molar refractivity (Wildman–Crippen MR) is 144 cm³/mol. The number of carbonyl (C=O) groups excluding carboxylic acids is 1. The van der Waals surface area contributed by atoms with Crippen LogP contribution in [-0.2, 0) is 10.5 Å². The molecule has 3 aromatic heterocycles. The standard InChI is InChI=1S/C27H21N5OS2/c1-17-8-7-9-20(14-17)31(18(2)33)26-28-19(15-34-26)16-35-27-30-22-11-4-3-10-21(22)25-29-23-12-5-6-13-24(23)32(25)27/h3-15H,16H2,1-2H3. The number of nitrogens with zero attached hydrogens (tertiary/aromatic N) is 5. The quantitative estimate of drug-likeness (QED) is 0.195. The maximum atomic E-state index is 12.5. The van der Waals surface area contributed by atoms with Gasteiger partial charge in [-0.05, 0) is 48.9 Å². The Hall–Kier alpha value is -3.75. The van der Waals surface area contributed by atoms with Gasteiger partial charge in [-0.3, -0.25) is 14.1 Å². The van der Waals surface area contributed by atoms with Gasteiger partial charge in [0.05, 0.1) is 27.9 Å². The van der Waals surface area contributed by atoms with E-state index in [0.29, 0.717) is 10.9 Å². The van der Waals surface area contributed by atoms with E-state index in [1.165, 1.54) is 11.3 Å². The molecule has 0 aliphatic carbocycles. The van der Waals surface area contributed by atoms with Crippen molar-refractivity contribution in [3.63, 3.8) is 0 Å². The number of benzene rings is 3. The van der Waals surface area contributed by atoms with Gasteiger partial charge in [-0.2, -0.15) is 0 Å². The summed E-state index contributed by atoms with van der Waals surface area (Å²) >= 11 is 3.09. The van der Waals surface area contributed by atoms with Gasteiger partial charge in [0.15, 0.2) is 10.3 Å². The highest BCUT2D eigenvalue weighted by Crippen LogP contribution is 2.33. The van der Waals surface area contributed by atoms with E-state index in [1.54, 1.807) is 23.6 Å². The molecule has 0 saturated carbocycles. The van der Waals surface area contributed by atoms with E-state index < -0.39 is 0 Å². The molecule has 6 nitrogen and oxygen atoms in total. The molecular formula is C27H21N5OS2. The van der Waals surface area contributed by atoms with Crippen molar-refractivity contribution in [1.29, 1.82) is 0 Å². The van der Waals surface area contributed by atoms with Gasteiger partial charge in [0.1, 0.15) is 5.65 Å². The normalized spacial score (nSPS) is 11.5. The summed E-state index contributed by atoms with van der Waals surface area (Å²) in [4.78, 5) is 28.8. The van der Waals surface area contributed by atoms with Crippen LogP contribution in [0.5, 0.6) is 0 Å². The molecule has 6 aromatic rings. The van der Waals surface area contributed by atoms with Crippen molar-refractivity contribution in [3.05, 3.63) is 89.4 Å². The number of imidazole rings is 1. The van der Waals surface area contributed by atoms with Crippen LogP contribution in [0.1, 0.15) is 18.2 Å². The molecule has 0 radical (unpaired) electrons. The third-order valence-electron chi connectivity index (χ3n) is 5.77. The number of hydrogen-bond acceptors (Lipinski definition) is 6. The topological polar surface area (TPSA) is 63.4 Å². The molecular weight excluding hydrogens is 474 g/mol. The molecule has 1 amide bonds. The summed E-state index contributed by atoms with van der Waals surface area (Å²) in [5.41, 5.74) is 6.62. The van der Waals surface area contributed by atoms with Crippen LogP contribution in [0.25, 0.3) is 27.6 Å². The molecule has 0 atom stereocenters. The van der Waals surface area contributed by atoms with Gasteiger partial charge in [0.2, 0.25) is 5.91 Å². The number of rotatable bonds is 5. The monoisotopic (exact) mass is 495 g/mol. The van der Waals surface area contributed by atoms with Gasteiger partial charge in [-0.1, -0.05) is 48.2 Å². The molecule has 0 aliphatic heterocycles. The lowest BCUT2D eigenvalue weighted by Gasteiger charge is -2.18. The number of thioether (sulfide) groups is 1. The zero-order valence-electron chi connectivity index (χ0n) is 19.2. The first-order valence-electron chi connectivity index (χ1n) is 11.2. The molecule has 0 unspecified atom stereocenters. The van der Waals surface area contributed by atoms with Crippen LogP contribution in [0, 0.1) is 6.92 Å². The highest BCUT2D eigenvalue weighted by Gasteiger charge is 2.19. The molecule has 35 heavy (non-hydrogen) atoms. The zero-order chi connectivity index (χ0) is 23.9. The fourth-order valence-electron chi connectivity index (χ4n) is 4.21. The molecule has 3 aromatic carbocycles. The van der Waals surface area contributed by atoms with Crippen LogP contribution in [0.2, 0.25) is 0 Å². The number of aromatic nitrogens is 4. The summed E-state index contributed by atoms with van der Waals surface area (Å²) in [6, 6.07) is 24.1. The molecule has 172 valence electrons. The number of aryl methyl sites for hydroxylation is 1. The summed E-state index contributed by atoms with van der Waals surface area (Å²) in [5.74, 6) is 0.565. The highest BCUT2D eigenvalue weighted by molar-refractivity contribution is 7.98. The second kappa shape index (κ2) is 8.79. The van der Waals surface area contributed by atoms with Crippen molar-refractivity contribution in [3.8, 4) is 0 Å². The number of amides is 1. The second-order valence-corrected chi connectivity index (χ2v) is 10.1. The van der Waals surface area contributed by atoms with Gasteiger partial charge in [-0.25, -0.2) is 15.0 Å². The van der Waals surface area contributed by atoms with E-state index in [-0.39, 0.29) is 5.91 Å². The Morgan fingerprint density at radius 3 is 2.60 bits per heavy atom. The Morgan fingerprint density at radius 1 is 0.971 bits per heavy atom. The lowest BCUT2D eigenvalue weighted by molar-refractivity contribution is -0.115. The fourth-order valence-corrected chi connectivity index (χ4v) is 6.10. The highest BCUT2D eigenvalue weighted by atomic mass is 32.2. The van der Waals surface area contributed by atoms with Gasteiger partial charge >= 0.3 is 0 Å². The van der Waals surface area contributed by atoms with Crippen molar-refractivity contribution in [2.75, 3.05) is 4.90 Å². The molecule has 0 saturated heterocycles. The third-order valence-corrected chi connectivity index (χ3v) is 7.61. The number of para-hydroxylation sites is 3. The number of thiazole rings is 1. The maximum absolute atomic E-state index is 12.5. The van der Waals surface area contributed by atoms with Crippen molar-refractivity contribution in [1.82, 2.24) is 19.4 Å². The van der Waals surface area contributed by atoms with Crippen molar-refractivity contribution < 1.29 is 4.79 Å². The summed E-state index contributed by atoms with van der Waals surface area (Å²) in [7, 11) is 0. The van der Waals surface area contributed by atoms with E-state index in [9.17, 15) is 4.79 Å². The summed E-state index contributed by atoms with van der Waals surface area (Å²) < 4.78 is 2.13. The van der Waals surface area contributed by atoms with Crippen molar-refractivity contribution in [2.24, 2.45) is 0 Å².